The molecule has 1 N–H and O–H groups in total. The lowest BCUT2D eigenvalue weighted by Gasteiger charge is -2.16. The Morgan fingerprint density at radius 1 is 1.50 bits per heavy atom. The lowest BCUT2D eigenvalue weighted by atomic mass is 10.1. The number of aliphatic carboxylic acids is 1. The van der Waals surface area contributed by atoms with Crippen molar-refractivity contribution in [1.29, 1.82) is 0 Å². The minimum Gasteiger partial charge on any atom is -0.481 e. The summed E-state index contributed by atoms with van der Waals surface area (Å²) in [5.41, 5.74) is -0.747. The Labute approximate surface area is 129 Å². The zero-order valence-corrected chi connectivity index (χ0v) is 12.5. The number of halogens is 2. The quantitative estimate of drug-likeness (QED) is 0.647. The molecule has 1 heterocycles. The summed E-state index contributed by atoms with van der Waals surface area (Å²) in [4.78, 5) is 19.8. The van der Waals surface area contributed by atoms with E-state index in [1.165, 1.54) is 0 Å². The topological polar surface area (TPSA) is 118 Å². The monoisotopic (exact) mass is 352 g/mol. The number of carboxylic acid groups (broad SMARTS) is 1. The molecule has 0 aromatic heterocycles. The molecule has 120 valence electrons. The second kappa shape index (κ2) is 5.78. The maximum Gasteiger partial charge on any atom is 0.307 e. The Balaban J connectivity index is 2.41. The third kappa shape index (κ3) is 2.89. The third-order valence-electron chi connectivity index (χ3n) is 3.32. The van der Waals surface area contributed by atoms with E-state index in [0.717, 1.165) is 4.31 Å². The first-order valence-corrected chi connectivity index (χ1v) is 7.82. The Hall–Kier alpha value is -1.78. The standard InChI is InChI=1S/C11H10ClFN2O6S/c12-7-3-10(8(13)4-9(7)15(18)19)22(20,21)14-2-1-6(5-14)11(16)17/h3-4,6H,1-2,5H2,(H,16,17). The molecule has 1 aromatic carbocycles. The lowest BCUT2D eigenvalue weighted by molar-refractivity contribution is -0.384. The van der Waals surface area contributed by atoms with Gasteiger partial charge in [0.1, 0.15) is 15.7 Å². The summed E-state index contributed by atoms with van der Waals surface area (Å²) in [6.07, 6.45) is 0.108. The molecular formula is C11H10ClFN2O6S. The Bertz CT molecular complexity index is 753. The van der Waals surface area contributed by atoms with Gasteiger partial charge in [0.15, 0.2) is 0 Å². The van der Waals surface area contributed by atoms with Crippen LogP contribution in [0.4, 0.5) is 10.1 Å². The second-order valence-electron chi connectivity index (χ2n) is 4.68. The van der Waals surface area contributed by atoms with Crippen LogP contribution in [0, 0.1) is 21.8 Å². The van der Waals surface area contributed by atoms with Crippen molar-refractivity contribution >= 4 is 33.3 Å². The molecule has 2 rings (SSSR count). The van der Waals surface area contributed by atoms with Gasteiger partial charge in [0.2, 0.25) is 10.0 Å². The number of carbonyl (C=O) groups is 1. The highest BCUT2D eigenvalue weighted by Gasteiger charge is 2.37. The minimum absolute atomic E-state index is 0.0760. The second-order valence-corrected chi connectivity index (χ2v) is 6.99. The van der Waals surface area contributed by atoms with Gasteiger partial charge in [-0.25, -0.2) is 12.8 Å². The molecule has 0 saturated carbocycles. The zero-order chi connectivity index (χ0) is 16.7. The van der Waals surface area contributed by atoms with E-state index < -0.39 is 48.3 Å². The number of nitro groups is 1. The molecule has 1 atom stereocenters. The molecule has 0 radical (unpaired) electrons. The van der Waals surface area contributed by atoms with Crippen LogP contribution in [0.15, 0.2) is 17.0 Å². The highest BCUT2D eigenvalue weighted by molar-refractivity contribution is 7.89. The number of nitrogens with zero attached hydrogens (tertiary/aromatic N) is 2. The molecule has 11 heteroatoms. The van der Waals surface area contributed by atoms with Crippen LogP contribution in [0.3, 0.4) is 0 Å². The molecule has 1 saturated heterocycles. The van der Waals surface area contributed by atoms with E-state index in [1.807, 2.05) is 0 Å². The van der Waals surface area contributed by atoms with Crippen LogP contribution in [0.5, 0.6) is 0 Å². The number of hydrogen-bond acceptors (Lipinski definition) is 5. The Morgan fingerprint density at radius 3 is 2.64 bits per heavy atom. The number of rotatable bonds is 4. The van der Waals surface area contributed by atoms with Crippen molar-refractivity contribution in [3.63, 3.8) is 0 Å². The van der Waals surface area contributed by atoms with Crippen molar-refractivity contribution in [3.8, 4) is 0 Å². The zero-order valence-electron chi connectivity index (χ0n) is 10.9. The Kier molecular flexibility index (Phi) is 4.36. The van der Waals surface area contributed by atoms with Gasteiger partial charge in [0, 0.05) is 13.1 Å². The maximum atomic E-state index is 13.9. The molecule has 0 spiro atoms. The van der Waals surface area contributed by atoms with Crippen molar-refractivity contribution in [2.45, 2.75) is 11.3 Å². The third-order valence-corrected chi connectivity index (χ3v) is 5.50. The smallest absolute Gasteiger partial charge is 0.307 e. The molecule has 1 fully saturated rings. The number of benzene rings is 1. The van der Waals surface area contributed by atoms with E-state index in [-0.39, 0.29) is 19.5 Å². The van der Waals surface area contributed by atoms with Crippen LogP contribution in [0.1, 0.15) is 6.42 Å². The van der Waals surface area contributed by atoms with Gasteiger partial charge in [-0.1, -0.05) is 11.6 Å². The number of nitro benzene ring substituents is 1. The van der Waals surface area contributed by atoms with E-state index in [2.05, 4.69) is 0 Å². The van der Waals surface area contributed by atoms with Crippen LogP contribution < -0.4 is 0 Å². The fourth-order valence-electron chi connectivity index (χ4n) is 2.14. The van der Waals surface area contributed by atoms with Crippen molar-refractivity contribution in [3.05, 3.63) is 33.1 Å². The first-order valence-electron chi connectivity index (χ1n) is 6.01. The van der Waals surface area contributed by atoms with Gasteiger partial charge in [-0.15, -0.1) is 0 Å². The van der Waals surface area contributed by atoms with Crippen molar-refractivity contribution in [1.82, 2.24) is 4.31 Å². The van der Waals surface area contributed by atoms with Crippen LogP contribution in [0.2, 0.25) is 5.02 Å². The van der Waals surface area contributed by atoms with Crippen LogP contribution >= 0.6 is 11.6 Å². The molecule has 0 aliphatic carbocycles. The summed E-state index contributed by atoms with van der Waals surface area (Å²) in [6.45, 7) is -0.362. The molecule has 8 nitrogen and oxygen atoms in total. The molecule has 1 unspecified atom stereocenters. The summed E-state index contributed by atoms with van der Waals surface area (Å²) < 4.78 is 39.4. The van der Waals surface area contributed by atoms with Crippen LogP contribution in [0.25, 0.3) is 0 Å². The van der Waals surface area contributed by atoms with Gasteiger partial charge in [0.05, 0.1) is 16.9 Å². The maximum absolute atomic E-state index is 13.9. The molecular weight excluding hydrogens is 343 g/mol. The number of hydrogen-bond donors (Lipinski definition) is 1. The van der Waals surface area contributed by atoms with E-state index in [4.69, 9.17) is 16.7 Å². The molecule has 1 aliphatic heterocycles. The van der Waals surface area contributed by atoms with Crippen molar-refractivity contribution in [2.24, 2.45) is 5.92 Å². The average Bonchev–Trinajstić information content (AvgIpc) is 2.91. The molecule has 0 bridgehead atoms. The lowest BCUT2D eigenvalue weighted by Crippen LogP contribution is -2.30. The van der Waals surface area contributed by atoms with Gasteiger partial charge in [0.25, 0.3) is 5.69 Å². The van der Waals surface area contributed by atoms with Gasteiger partial charge >= 0.3 is 5.97 Å². The van der Waals surface area contributed by atoms with Crippen molar-refractivity contribution < 1.29 is 27.6 Å². The van der Waals surface area contributed by atoms with Gasteiger partial charge in [-0.3, -0.25) is 14.9 Å². The fraction of sp³-hybridized carbons (Fsp3) is 0.364. The van der Waals surface area contributed by atoms with E-state index in [1.54, 1.807) is 0 Å². The SMILES string of the molecule is O=C(O)C1CCN(S(=O)(=O)c2cc(Cl)c([N+](=O)[O-])cc2F)C1. The van der Waals surface area contributed by atoms with E-state index in [0.29, 0.717) is 12.1 Å². The fourth-order valence-corrected chi connectivity index (χ4v) is 4.01. The predicted molar refractivity (Wildman–Crippen MR) is 72.6 cm³/mol. The first kappa shape index (κ1) is 16.6. The van der Waals surface area contributed by atoms with E-state index in [9.17, 15) is 27.7 Å². The summed E-state index contributed by atoms with van der Waals surface area (Å²) in [7, 11) is -4.31. The van der Waals surface area contributed by atoms with Crippen LogP contribution in [-0.2, 0) is 14.8 Å². The highest BCUT2D eigenvalue weighted by atomic mass is 35.5. The molecule has 1 aromatic rings. The van der Waals surface area contributed by atoms with Gasteiger partial charge < -0.3 is 5.11 Å². The Morgan fingerprint density at radius 2 is 2.14 bits per heavy atom. The van der Waals surface area contributed by atoms with Crippen molar-refractivity contribution in [2.75, 3.05) is 13.1 Å². The summed E-state index contributed by atoms with van der Waals surface area (Å²) in [6, 6.07) is 1.10. The average molecular weight is 353 g/mol. The summed E-state index contributed by atoms with van der Waals surface area (Å²) in [5, 5.41) is 19.0. The van der Waals surface area contributed by atoms with E-state index >= 15 is 0 Å². The molecule has 1 aliphatic rings. The minimum atomic E-state index is -4.31. The number of carboxylic acids is 1. The molecule has 0 amide bonds. The normalized spacial score (nSPS) is 19.3. The first-order chi connectivity index (χ1) is 10.1. The summed E-state index contributed by atoms with van der Waals surface area (Å²) >= 11 is 5.60. The summed E-state index contributed by atoms with van der Waals surface area (Å²) in [5.74, 6) is -3.32. The highest BCUT2D eigenvalue weighted by Crippen LogP contribution is 2.32. The van der Waals surface area contributed by atoms with Crippen LogP contribution in [-0.4, -0.2) is 41.8 Å². The largest absolute Gasteiger partial charge is 0.481 e. The molecule has 22 heavy (non-hydrogen) atoms. The predicted octanol–water partition coefficient (Wildman–Crippen LogP) is 1.48. The van der Waals surface area contributed by atoms with Gasteiger partial charge in [-0.2, -0.15) is 4.31 Å². The van der Waals surface area contributed by atoms with Gasteiger partial charge in [-0.05, 0) is 12.5 Å². The number of sulfonamides is 1.